The van der Waals surface area contributed by atoms with Crippen LogP contribution in [-0.4, -0.2) is 0 Å². The van der Waals surface area contributed by atoms with E-state index in [1.807, 2.05) is 0 Å². The number of allylic oxidation sites excluding steroid dienone is 3. The molecule has 0 radical (unpaired) electrons. The second-order valence-electron chi connectivity index (χ2n) is 1.63. The van der Waals surface area contributed by atoms with Crippen LogP contribution in [0.15, 0.2) is 29.5 Å². The minimum absolute atomic E-state index is 0.108. The molecule has 0 aliphatic heterocycles. The number of rotatable bonds is 1. The van der Waals surface area contributed by atoms with E-state index in [0.717, 1.165) is 0 Å². The molecule has 10 heavy (non-hydrogen) atoms. The van der Waals surface area contributed by atoms with E-state index in [1.54, 1.807) is 19.1 Å². The molecule has 0 spiro atoms. The van der Waals surface area contributed by atoms with Crippen LogP contribution in [0.3, 0.4) is 0 Å². The zero-order chi connectivity index (χ0) is 7.98. The van der Waals surface area contributed by atoms with Crippen molar-refractivity contribution in [3.63, 3.8) is 0 Å². The Morgan fingerprint density at radius 1 is 1.40 bits per heavy atom. The van der Waals surface area contributed by atoms with Gasteiger partial charge in [0.15, 0.2) is 0 Å². The number of nitriles is 2. The van der Waals surface area contributed by atoms with E-state index in [-0.39, 0.29) is 5.57 Å². The number of hydrogen-bond acceptors (Lipinski definition) is 2. The molecular formula is C8H6N2. The summed E-state index contributed by atoms with van der Waals surface area (Å²) < 4.78 is 0. The molecule has 0 amide bonds. The molecule has 0 bridgehead atoms. The Balaban J connectivity index is 4.87. The van der Waals surface area contributed by atoms with E-state index in [2.05, 4.69) is 12.3 Å². The molecule has 48 valence electrons. The van der Waals surface area contributed by atoms with Gasteiger partial charge in [0.1, 0.15) is 17.7 Å². The molecule has 0 N–H and O–H groups in total. The smallest absolute Gasteiger partial charge is 0.133 e. The molecule has 0 aliphatic rings. The van der Waals surface area contributed by atoms with E-state index in [1.165, 1.54) is 6.08 Å². The van der Waals surface area contributed by atoms with Crippen molar-refractivity contribution in [1.82, 2.24) is 0 Å². The van der Waals surface area contributed by atoms with Crippen molar-refractivity contribution in [1.29, 1.82) is 10.5 Å². The molecule has 0 saturated heterocycles. The fraction of sp³-hybridized carbons (Fsp3) is 0.125. The summed E-state index contributed by atoms with van der Waals surface area (Å²) in [5.41, 5.74) is 3.19. The lowest BCUT2D eigenvalue weighted by Crippen LogP contribution is -1.76. The number of nitrogens with zero attached hydrogens (tertiary/aromatic N) is 2. The third-order valence-corrected chi connectivity index (χ3v) is 0.937. The minimum atomic E-state index is 0.108. The predicted molar refractivity (Wildman–Crippen MR) is 37.6 cm³/mol. The highest BCUT2D eigenvalue weighted by molar-refractivity contribution is 5.43. The standard InChI is InChI=1S/C8H6N2/c1-3-4-7(2)8(5-9)6-10/h4H,1H2,2H3. The van der Waals surface area contributed by atoms with E-state index < -0.39 is 0 Å². The topological polar surface area (TPSA) is 47.6 Å². The monoisotopic (exact) mass is 130 g/mol. The van der Waals surface area contributed by atoms with Crippen LogP contribution in [0.1, 0.15) is 6.92 Å². The lowest BCUT2D eigenvalue weighted by atomic mass is 10.1. The third kappa shape index (κ3) is 2.01. The Morgan fingerprint density at radius 2 is 1.90 bits per heavy atom. The Morgan fingerprint density at radius 3 is 2.20 bits per heavy atom. The van der Waals surface area contributed by atoms with Gasteiger partial charge >= 0.3 is 0 Å². The van der Waals surface area contributed by atoms with Gasteiger partial charge in [-0.15, -0.1) is 5.73 Å². The van der Waals surface area contributed by atoms with Gasteiger partial charge in [-0.3, -0.25) is 0 Å². The third-order valence-electron chi connectivity index (χ3n) is 0.937. The van der Waals surface area contributed by atoms with Gasteiger partial charge in [0, 0.05) is 0 Å². The van der Waals surface area contributed by atoms with Crippen molar-refractivity contribution in [3.8, 4) is 12.1 Å². The van der Waals surface area contributed by atoms with Crippen LogP contribution in [-0.2, 0) is 0 Å². The maximum Gasteiger partial charge on any atom is 0.133 e. The van der Waals surface area contributed by atoms with Gasteiger partial charge in [0.2, 0.25) is 0 Å². The summed E-state index contributed by atoms with van der Waals surface area (Å²) in [5, 5.41) is 16.6. The summed E-state index contributed by atoms with van der Waals surface area (Å²) in [6.07, 6.45) is 1.50. The van der Waals surface area contributed by atoms with Gasteiger partial charge in [-0.25, -0.2) is 0 Å². The maximum absolute atomic E-state index is 8.32. The maximum atomic E-state index is 8.32. The SMILES string of the molecule is C=C=CC(C)=C(C#N)C#N. The highest BCUT2D eigenvalue weighted by Gasteiger charge is 1.94. The largest absolute Gasteiger partial charge is 0.192 e. The van der Waals surface area contributed by atoms with Gasteiger partial charge in [-0.05, 0) is 18.6 Å². The molecule has 0 aliphatic carbocycles. The van der Waals surface area contributed by atoms with E-state index in [9.17, 15) is 0 Å². The van der Waals surface area contributed by atoms with Crippen molar-refractivity contribution in [2.45, 2.75) is 6.92 Å². The molecule has 0 aromatic heterocycles. The second kappa shape index (κ2) is 4.15. The van der Waals surface area contributed by atoms with Crippen molar-refractivity contribution < 1.29 is 0 Å². The van der Waals surface area contributed by atoms with Crippen LogP contribution >= 0.6 is 0 Å². The summed E-state index contributed by atoms with van der Waals surface area (Å²) in [6, 6.07) is 3.51. The lowest BCUT2D eigenvalue weighted by molar-refractivity contribution is 1.40. The summed E-state index contributed by atoms with van der Waals surface area (Å²) in [7, 11) is 0. The molecule has 0 saturated carbocycles. The normalized spacial score (nSPS) is 6.30. The predicted octanol–water partition coefficient (Wildman–Crippen LogP) is 1.69. The fourth-order valence-corrected chi connectivity index (χ4v) is 0.427. The quantitative estimate of drug-likeness (QED) is 0.308. The first-order valence-corrected chi connectivity index (χ1v) is 2.63. The fourth-order valence-electron chi connectivity index (χ4n) is 0.427. The van der Waals surface area contributed by atoms with Gasteiger partial charge in [0.25, 0.3) is 0 Å². The zero-order valence-corrected chi connectivity index (χ0v) is 5.68. The van der Waals surface area contributed by atoms with E-state index in [4.69, 9.17) is 10.5 Å². The molecule has 0 atom stereocenters. The Bertz CT molecular complexity index is 261. The molecule has 0 unspecified atom stereocenters. The Labute approximate surface area is 60.0 Å². The van der Waals surface area contributed by atoms with Crippen LogP contribution in [0, 0.1) is 22.7 Å². The Hall–Kier alpha value is -1.76. The average molecular weight is 130 g/mol. The molecule has 0 rings (SSSR count). The van der Waals surface area contributed by atoms with Crippen molar-refractivity contribution in [2.24, 2.45) is 0 Å². The molecule has 0 aromatic carbocycles. The second-order valence-corrected chi connectivity index (χ2v) is 1.63. The van der Waals surface area contributed by atoms with Crippen LogP contribution in [0.2, 0.25) is 0 Å². The summed E-state index contributed by atoms with van der Waals surface area (Å²) in [4.78, 5) is 0. The lowest BCUT2D eigenvalue weighted by Gasteiger charge is -1.84. The minimum Gasteiger partial charge on any atom is -0.192 e. The molecule has 2 heteroatoms. The average Bonchev–Trinajstić information content (AvgIpc) is 1.91. The molecule has 0 aromatic rings. The van der Waals surface area contributed by atoms with Crippen molar-refractivity contribution in [3.05, 3.63) is 29.5 Å². The van der Waals surface area contributed by atoms with E-state index >= 15 is 0 Å². The first-order valence-electron chi connectivity index (χ1n) is 2.63. The summed E-state index contributed by atoms with van der Waals surface area (Å²) >= 11 is 0. The van der Waals surface area contributed by atoms with Gasteiger partial charge in [-0.2, -0.15) is 10.5 Å². The highest BCUT2D eigenvalue weighted by Crippen LogP contribution is 2.01. The summed E-state index contributed by atoms with van der Waals surface area (Å²) in [6.45, 7) is 4.98. The van der Waals surface area contributed by atoms with Crippen molar-refractivity contribution in [2.75, 3.05) is 0 Å². The molecule has 0 fully saturated rings. The highest BCUT2D eigenvalue weighted by atomic mass is 14.3. The van der Waals surface area contributed by atoms with Crippen LogP contribution in [0.25, 0.3) is 0 Å². The van der Waals surface area contributed by atoms with Crippen molar-refractivity contribution >= 4 is 0 Å². The molecule has 2 nitrogen and oxygen atoms in total. The first-order chi connectivity index (χ1) is 4.76. The summed E-state index contributed by atoms with van der Waals surface area (Å²) in [5.74, 6) is 0. The Kier molecular flexibility index (Phi) is 3.42. The molecular weight excluding hydrogens is 124 g/mol. The van der Waals surface area contributed by atoms with Crippen LogP contribution in [0.5, 0.6) is 0 Å². The van der Waals surface area contributed by atoms with Crippen LogP contribution in [0.4, 0.5) is 0 Å². The van der Waals surface area contributed by atoms with Gasteiger partial charge in [0.05, 0.1) is 0 Å². The van der Waals surface area contributed by atoms with Gasteiger partial charge < -0.3 is 0 Å². The zero-order valence-electron chi connectivity index (χ0n) is 5.68. The molecule has 0 heterocycles. The first kappa shape index (κ1) is 8.24. The van der Waals surface area contributed by atoms with E-state index in [0.29, 0.717) is 5.57 Å². The van der Waals surface area contributed by atoms with Crippen LogP contribution < -0.4 is 0 Å². The van der Waals surface area contributed by atoms with Gasteiger partial charge in [-0.1, -0.05) is 6.58 Å². The number of hydrogen-bond donors (Lipinski definition) is 0.